The van der Waals surface area contributed by atoms with E-state index in [1.54, 1.807) is 0 Å². The summed E-state index contributed by atoms with van der Waals surface area (Å²) in [5.74, 6) is 0. The standard InChI is InChI=1S/C14H19N3O2/c15-8-13-7-6-12(16-14(18)19)10-17(13)9-11-4-2-1-3-5-11/h1-5,10,13,16H,6-9,15H2,(H,18,19). The van der Waals surface area contributed by atoms with Crippen molar-refractivity contribution in [1.29, 1.82) is 0 Å². The molecule has 0 saturated carbocycles. The van der Waals surface area contributed by atoms with Crippen LogP contribution in [0.15, 0.2) is 42.2 Å². The lowest BCUT2D eigenvalue weighted by atomic mass is 10.0. The first-order valence-corrected chi connectivity index (χ1v) is 6.39. The molecule has 1 amide bonds. The topological polar surface area (TPSA) is 78.6 Å². The molecule has 1 atom stereocenters. The molecule has 0 saturated heterocycles. The van der Waals surface area contributed by atoms with Gasteiger partial charge in [-0.25, -0.2) is 4.79 Å². The molecule has 1 aliphatic heterocycles. The first-order valence-electron chi connectivity index (χ1n) is 6.39. The number of nitrogens with two attached hydrogens (primary N) is 1. The molecule has 4 N–H and O–H groups in total. The largest absolute Gasteiger partial charge is 0.465 e. The van der Waals surface area contributed by atoms with Gasteiger partial charge in [0.2, 0.25) is 0 Å². The van der Waals surface area contributed by atoms with Crippen LogP contribution in [0.25, 0.3) is 0 Å². The molecule has 5 nitrogen and oxygen atoms in total. The van der Waals surface area contributed by atoms with Gasteiger partial charge in [-0.3, -0.25) is 5.32 Å². The van der Waals surface area contributed by atoms with E-state index in [9.17, 15) is 4.79 Å². The van der Waals surface area contributed by atoms with Gasteiger partial charge in [-0.1, -0.05) is 30.3 Å². The van der Waals surface area contributed by atoms with Crippen LogP contribution in [-0.4, -0.2) is 28.7 Å². The summed E-state index contributed by atoms with van der Waals surface area (Å²) in [6.45, 7) is 1.32. The van der Waals surface area contributed by atoms with Crippen molar-refractivity contribution in [2.45, 2.75) is 25.4 Å². The van der Waals surface area contributed by atoms with E-state index in [0.29, 0.717) is 6.54 Å². The minimum absolute atomic E-state index is 0.263. The van der Waals surface area contributed by atoms with Gasteiger partial charge < -0.3 is 15.7 Å². The molecule has 2 rings (SSSR count). The highest BCUT2D eigenvalue weighted by molar-refractivity contribution is 5.66. The van der Waals surface area contributed by atoms with Crippen molar-refractivity contribution in [3.8, 4) is 0 Å². The van der Waals surface area contributed by atoms with Crippen LogP contribution in [0.5, 0.6) is 0 Å². The molecule has 0 bridgehead atoms. The van der Waals surface area contributed by atoms with Crippen LogP contribution in [-0.2, 0) is 6.54 Å². The minimum Gasteiger partial charge on any atom is -0.465 e. The van der Waals surface area contributed by atoms with Gasteiger partial charge in [-0.15, -0.1) is 0 Å². The Balaban J connectivity index is 2.11. The number of allylic oxidation sites excluding steroid dienone is 1. The third-order valence-electron chi connectivity index (χ3n) is 3.29. The monoisotopic (exact) mass is 261 g/mol. The summed E-state index contributed by atoms with van der Waals surface area (Å²) < 4.78 is 0. The summed E-state index contributed by atoms with van der Waals surface area (Å²) >= 11 is 0. The van der Waals surface area contributed by atoms with Crippen LogP contribution in [0.4, 0.5) is 4.79 Å². The summed E-state index contributed by atoms with van der Waals surface area (Å²) in [7, 11) is 0. The van der Waals surface area contributed by atoms with E-state index in [1.807, 2.05) is 24.4 Å². The lowest BCUT2D eigenvalue weighted by Gasteiger charge is -2.34. The first kappa shape index (κ1) is 13.4. The Morgan fingerprint density at radius 3 is 2.79 bits per heavy atom. The van der Waals surface area contributed by atoms with Gasteiger partial charge in [-0.2, -0.15) is 0 Å². The van der Waals surface area contributed by atoms with Gasteiger partial charge >= 0.3 is 6.09 Å². The average molecular weight is 261 g/mol. The summed E-state index contributed by atoms with van der Waals surface area (Å²) in [4.78, 5) is 12.8. The van der Waals surface area contributed by atoms with Crippen molar-refractivity contribution >= 4 is 6.09 Å². The molecule has 5 heteroatoms. The molecular weight excluding hydrogens is 242 g/mol. The van der Waals surface area contributed by atoms with E-state index in [2.05, 4.69) is 22.3 Å². The third-order valence-corrected chi connectivity index (χ3v) is 3.29. The van der Waals surface area contributed by atoms with Crippen LogP contribution >= 0.6 is 0 Å². The average Bonchev–Trinajstić information content (AvgIpc) is 2.39. The zero-order chi connectivity index (χ0) is 13.7. The van der Waals surface area contributed by atoms with Gasteiger partial charge in [0.15, 0.2) is 0 Å². The second kappa shape index (κ2) is 6.24. The smallest absolute Gasteiger partial charge is 0.408 e. The quantitative estimate of drug-likeness (QED) is 0.771. The molecule has 19 heavy (non-hydrogen) atoms. The first-order chi connectivity index (χ1) is 9.19. The molecule has 102 valence electrons. The number of hydrogen-bond donors (Lipinski definition) is 3. The van der Waals surface area contributed by atoms with Gasteiger partial charge in [0.1, 0.15) is 0 Å². The number of nitrogens with one attached hydrogen (secondary N) is 1. The van der Waals surface area contributed by atoms with E-state index >= 15 is 0 Å². The lowest BCUT2D eigenvalue weighted by Crippen LogP contribution is -2.41. The zero-order valence-corrected chi connectivity index (χ0v) is 10.7. The van der Waals surface area contributed by atoms with E-state index in [1.165, 1.54) is 5.56 Å². The Morgan fingerprint density at radius 1 is 1.42 bits per heavy atom. The number of rotatable bonds is 4. The normalized spacial score (nSPS) is 18.9. The summed E-state index contributed by atoms with van der Waals surface area (Å²) in [6.07, 6.45) is 2.45. The Hall–Kier alpha value is -2.01. The third kappa shape index (κ3) is 3.72. The van der Waals surface area contributed by atoms with Crippen molar-refractivity contribution in [3.05, 3.63) is 47.8 Å². The maximum Gasteiger partial charge on any atom is 0.408 e. The SMILES string of the molecule is NCC1CCC(NC(=O)O)=CN1Cc1ccccc1. The van der Waals surface area contributed by atoms with Gasteiger partial charge in [0, 0.05) is 31.0 Å². The van der Waals surface area contributed by atoms with Crippen molar-refractivity contribution in [1.82, 2.24) is 10.2 Å². The second-order valence-corrected chi connectivity index (χ2v) is 4.67. The molecule has 0 aliphatic carbocycles. The maximum absolute atomic E-state index is 10.7. The van der Waals surface area contributed by atoms with E-state index in [-0.39, 0.29) is 6.04 Å². The molecule has 0 aromatic heterocycles. The van der Waals surface area contributed by atoms with Gasteiger partial charge in [0.25, 0.3) is 0 Å². The second-order valence-electron chi connectivity index (χ2n) is 4.67. The fourth-order valence-corrected chi connectivity index (χ4v) is 2.31. The van der Waals surface area contributed by atoms with Crippen LogP contribution < -0.4 is 11.1 Å². The predicted octanol–water partition coefficient (Wildman–Crippen LogP) is 1.72. The highest BCUT2D eigenvalue weighted by atomic mass is 16.4. The van der Waals surface area contributed by atoms with E-state index < -0.39 is 6.09 Å². The molecule has 1 aromatic rings. The summed E-state index contributed by atoms with van der Waals surface area (Å²) in [6, 6.07) is 10.3. The summed E-state index contributed by atoms with van der Waals surface area (Å²) in [5.41, 5.74) is 7.70. The maximum atomic E-state index is 10.7. The molecule has 1 unspecified atom stereocenters. The van der Waals surface area contributed by atoms with Crippen molar-refractivity contribution < 1.29 is 9.90 Å². The molecule has 1 heterocycles. The Kier molecular flexibility index (Phi) is 4.41. The molecule has 0 spiro atoms. The summed E-state index contributed by atoms with van der Waals surface area (Å²) in [5, 5.41) is 11.2. The molecule has 1 aromatic carbocycles. The molecular formula is C14H19N3O2. The Morgan fingerprint density at radius 2 is 2.16 bits per heavy atom. The number of benzene rings is 1. The highest BCUT2D eigenvalue weighted by Gasteiger charge is 2.21. The Labute approximate surface area is 112 Å². The number of carbonyl (C=O) groups is 1. The van der Waals surface area contributed by atoms with Crippen LogP contribution in [0.2, 0.25) is 0 Å². The lowest BCUT2D eigenvalue weighted by molar-refractivity contribution is 0.193. The van der Waals surface area contributed by atoms with Crippen LogP contribution in [0.3, 0.4) is 0 Å². The predicted molar refractivity (Wildman–Crippen MR) is 73.3 cm³/mol. The minimum atomic E-state index is -1.02. The van der Waals surface area contributed by atoms with Gasteiger partial charge in [-0.05, 0) is 18.4 Å². The van der Waals surface area contributed by atoms with Crippen LogP contribution in [0.1, 0.15) is 18.4 Å². The number of hydrogen-bond acceptors (Lipinski definition) is 3. The molecule has 1 aliphatic rings. The van der Waals surface area contributed by atoms with E-state index in [4.69, 9.17) is 10.8 Å². The number of amides is 1. The number of nitrogens with zero attached hydrogens (tertiary/aromatic N) is 1. The molecule has 0 radical (unpaired) electrons. The van der Waals surface area contributed by atoms with Crippen molar-refractivity contribution in [3.63, 3.8) is 0 Å². The Bertz CT molecular complexity index is 459. The fraction of sp³-hybridized carbons (Fsp3) is 0.357. The number of carboxylic acid groups (broad SMARTS) is 1. The van der Waals surface area contributed by atoms with E-state index in [0.717, 1.165) is 25.1 Å². The van der Waals surface area contributed by atoms with Gasteiger partial charge in [0.05, 0.1) is 0 Å². The van der Waals surface area contributed by atoms with Crippen molar-refractivity contribution in [2.24, 2.45) is 5.73 Å². The zero-order valence-electron chi connectivity index (χ0n) is 10.7. The highest BCUT2D eigenvalue weighted by Crippen LogP contribution is 2.20. The molecule has 0 fully saturated rings. The fourth-order valence-electron chi connectivity index (χ4n) is 2.31. The van der Waals surface area contributed by atoms with Crippen LogP contribution in [0, 0.1) is 0 Å². The van der Waals surface area contributed by atoms with Crippen molar-refractivity contribution in [2.75, 3.05) is 6.54 Å².